The zero-order valence-corrected chi connectivity index (χ0v) is 21.6. The summed E-state index contributed by atoms with van der Waals surface area (Å²) >= 11 is 0. The average Bonchev–Trinajstić information content (AvgIpc) is 3.23. The summed E-state index contributed by atoms with van der Waals surface area (Å²) in [5, 5.41) is 14.3. The van der Waals surface area contributed by atoms with Crippen LogP contribution in [0.25, 0.3) is 22.6 Å². The number of aryl methyl sites for hydroxylation is 2. The fourth-order valence-electron chi connectivity index (χ4n) is 4.60. The van der Waals surface area contributed by atoms with Crippen LogP contribution >= 0.6 is 0 Å². The third-order valence-corrected chi connectivity index (χ3v) is 6.14. The first-order valence-corrected chi connectivity index (χ1v) is 12.5. The Hall–Kier alpha value is -2.79. The number of aromatic hydroxyl groups is 1. The van der Waals surface area contributed by atoms with Crippen LogP contribution in [0.3, 0.4) is 0 Å². The van der Waals surface area contributed by atoms with Gasteiger partial charge in [-0.25, -0.2) is 4.98 Å². The highest BCUT2D eigenvalue weighted by molar-refractivity contribution is 5.75. The maximum atomic E-state index is 10.6. The standard InChI is InChI=1S/C29H41N3O2/c1-7-9-19(3)14-22(18-29(5,6)30)31-28-17-21(27-13-11-23(8-2)34-27)16-25(32-28)24-15-20(4)10-12-26(24)33/h10-13,15-17,19,22,33H,7-9,14,18,30H2,1-6H3,(H,31,32). The number of nitrogens with two attached hydrogens (primary N) is 1. The number of aromatic nitrogens is 1. The van der Waals surface area contributed by atoms with Gasteiger partial charge in [0.1, 0.15) is 23.1 Å². The Morgan fingerprint density at radius 3 is 2.53 bits per heavy atom. The van der Waals surface area contributed by atoms with Crippen molar-refractivity contribution < 1.29 is 9.52 Å². The van der Waals surface area contributed by atoms with Crippen LogP contribution in [-0.4, -0.2) is 21.7 Å². The van der Waals surface area contributed by atoms with Gasteiger partial charge in [0.2, 0.25) is 0 Å². The van der Waals surface area contributed by atoms with Gasteiger partial charge in [0.05, 0.1) is 5.69 Å². The van der Waals surface area contributed by atoms with Gasteiger partial charge >= 0.3 is 0 Å². The van der Waals surface area contributed by atoms with Crippen molar-refractivity contribution >= 4 is 5.82 Å². The Labute approximate surface area is 204 Å². The molecule has 0 aliphatic rings. The van der Waals surface area contributed by atoms with Crippen molar-refractivity contribution in [1.29, 1.82) is 0 Å². The molecule has 3 rings (SSSR count). The van der Waals surface area contributed by atoms with Crippen LogP contribution in [0.15, 0.2) is 46.9 Å². The number of anilines is 1. The molecule has 34 heavy (non-hydrogen) atoms. The van der Waals surface area contributed by atoms with Gasteiger partial charge in [-0.3, -0.25) is 0 Å². The zero-order chi connectivity index (χ0) is 24.9. The summed E-state index contributed by atoms with van der Waals surface area (Å²) in [6.45, 7) is 12.8. The highest BCUT2D eigenvalue weighted by atomic mass is 16.3. The first-order valence-electron chi connectivity index (χ1n) is 12.5. The number of phenolic OH excluding ortho intramolecular Hbond substituents is 1. The molecule has 2 unspecified atom stereocenters. The second-order valence-electron chi connectivity index (χ2n) is 10.4. The largest absolute Gasteiger partial charge is 0.507 e. The van der Waals surface area contributed by atoms with E-state index in [0.717, 1.165) is 47.7 Å². The summed E-state index contributed by atoms with van der Waals surface area (Å²) in [5.41, 5.74) is 9.55. The van der Waals surface area contributed by atoms with Crippen LogP contribution in [0.4, 0.5) is 5.82 Å². The molecule has 2 aromatic heterocycles. The molecule has 0 amide bonds. The molecule has 2 atom stereocenters. The van der Waals surface area contributed by atoms with Gasteiger partial charge in [-0.05, 0) is 75.9 Å². The molecule has 0 fully saturated rings. The smallest absolute Gasteiger partial charge is 0.134 e. The van der Waals surface area contributed by atoms with Crippen LogP contribution in [0.1, 0.15) is 71.6 Å². The Balaban J connectivity index is 2.04. The SMILES string of the molecule is CCCC(C)CC(CC(C)(C)N)Nc1cc(-c2ccc(CC)o2)cc(-c2cc(C)ccc2O)n1. The van der Waals surface area contributed by atoms with E-state index in [4.69, 9.17) is 15.1 Å². The van der Waals surface area contributed by atoms with E-state index < -0.39 is 0 Å². The number of phenols is 1. The lowest BCUT2D eigenvalue weighted by molar-refractivity contribution is 0.373. The van der Waals surface area contributed by atoms with Crippen LogP contribution in [0, 0.1) is 12.8 Å². The molecule has 3 aromatic rings. The van der Waals surface area contributed by atoms with Crippen molar-refractivity contribution in [3.05, 3.63) is 53.8 Å². The number of hydrogen-bond donors (Lipinski definition) is 3. The van der Waals surface area contributed by atoms with Crippen molar-refractivity contribution in [3.8, 4) is 28.3 Å². The minimum Gasteiger partial charge on any atom is -0.507 e. The number of benzene rings is 1. The van der Waals surface area contributed by atoms with Gasteiger partial charge in [-0.2, -0.15) is 0 Å². The second kappa shape index (κ2) is 11.1. The fourth-order valence-corrected chi connectivity index (χ4v) is 4.60. The van der Waals surface area contributed by atoms with E-state index in [2.05, 4.69) is 39.9 Å². The summed E-state index contributed by atoms with van der Waals surface area (Å²) in [6, 6.07) is 13.8. The second-order valence-corrected chi connectivity index (χ2v) is 10.4. The summed E-state index contributed by atoms with van der Waals surface area (Å²) < 4.78 is 6.06. The average molecular weight is 464 g/mol. The van der Waals surface area contributed by atoms with Crippen molar-refractivity contribution in [2.24, 2.45) is 11.7 Å². The molecule has 1 aromatic carbocycles. The van der Waals surface area contributed by atoms with Gasteiger partial charge in [-0.1, -0.05) is 45.2 Å². The number of rotatable bonds is 11. The van der Waals surface area contributed by atoms with Gasteiger partial charge in [0.15, 0.2) is 0 Å². The number of hydrogen-bond acceptors (Lipinski definition) is 5. The Kier molecular flexibility index (Phi) is 8.42. The molecular weight excluding hydrogens is 422 g/mol. The van der Waals surface area contributed by atoms with Crippen molar-refractivity contribution in [1.82, 2.24) is 4.98 Å². The van der Waals surface area contributed by atoms with E-state index in [-0.39, 0.29) is 17.3 Å². The predicted molar refractivity (Wildman–Crippen MR) is 142 cm³/mol. The summed E-state index contributed by atoms with van der Waals surface area (Å²) in [5.74, 6) is 3.31. The molecule has 0 radical (unpaired) electrons. The van der Waals surface area contributed by atoms with Crippen molar-refractivity contribution in [2.75, 3.05) is 5.32 Å². The van der Waals surface area contributed by atoms with Gasteiger partial charge in [0.25, 0.3) is 0 Å². The molecule has 2 heterocycles. The van der Waals surface area contributed by atoms with Gasteiger partial charge in [-0.15, -0.1) is 0 Å². The summed E-state index contributed by atoms with van der Waals surface area (Å²) in [7, 11) is 0. The number of furan rings is 1. The minimum atomic E-state index is -0.296. The molecule has 0 spiro atoms. The molecular formula is C29H41N3O2. The summed E-state index contributed by atoms with van der Waals surface area (Å²) in [6.07, 6.45) is 5.05. The fraction of sp³-hybridized carbons (Fsp3) is 0.483. The predicted octanol–water partition coefficient (Wildman–Crippen LogP) is 7.32. The third kappa shape index (κ3) is 7.10. The molecule has 184 valence electrons. The first-order chi connectivity index (χ1) is 16.1. The molecule has 0 aliphatic carbocycles. The van der Waals surface area contributed by atoms with E-state index >= 15 is 0 Å². The molecule has 0 saturated heterocycles. The van der Waals surface area contributed by atoms with Crippen LogP contribution in [0.2, 0.25) is 0 Å². The number of nitrogens with one attached hydrogen (secondary N) is 1. The lowest BCUT2D eigenvalue weighted by atomic mass is 9.89. The Morgan fingerprint density at radius 1 is 1.12 bits per heavy atom. The monoisotopic (exact) mass is 463 g/mol. The van der Waals surface area contributed by atoms with Crippen molar-refractivity contribution in [3.63, 3.8) is 0 Å². The van der Waals surface area contributed by atoms with E-state index in [0.29, 0.717) is 17.2 Å². The highest BCUT2D eigenvalue weighted by Gasteiger charge is 2.22. The summed E-state index contributed by atoms with van der Waals surface area (Å²) in [4.78, 5) is 4.93. The molecule has 0 saturated carbocycles. The minimum absolute atomic E-state index is 0.186. The van der Waals surface area contributed by atoms with Gasteiger partial charge in [0, 0.05) is 29.1 Å². The maximum absolute atomic E-state index is 10.6. The molecule has 0 bridgehead atoms. The molecule has 0 aliphatic heterocycles. The Bertz CT molecular complexity index is 1080. The Morgan fingerprint density at radius 2 is 1.88 bits per heavy atom. The zero-order valence-electron chi connectivity index (χ0n) is 21.6. The normalized spacial score (nSPS) is 13.6. The highest BCUT2D eigenvalue weighted by Crippen LogP contribution is 2.34. The van der Waals surface area contributed by atoms with Gasteiger partial charge < -0.3 is 20.6 Å². The third-order valence-electron chi connectivity index (χ3n) is 6.14. The van der Waals surface area contributed by atoms with Crippen LogP contribution in [0.5, 0.6) is 5.75 Å². The van der Waals surface area contributed by atoms with Crippen molar-refractivity contribution in [2.45, 2.75) is 85.2 Å². The molecule has 4 N–H and O–H groups in total. The quantitative estimate of drug-likeness (QED) is 0.277. The maximum Gasteiger partial charge on any atom is 0.134 e. The number of nitrogens with zero attached hydrogens (tertiary/aromatic N) is 1. The lowest BCUT2D eigenvalue weighted by Crippen LogP contribution is -2.39. The van der Waals surface area contributed by atoms with E-state index in [9.17, 15) is 5.11 Å². The molecule has 5 nitrogen and oxygen atoms in total. The van der Waals surface area contributed by atoms with Crippen LogP contribution in [-0.2, 0) is 6.42 Å². The van der Waals surface area contributed by atoms with E-state index in [1.807, 2.05) is 43.3 Å². The number of pyridine rings is 1. The molecule has 5 heteroatoms. The van der Waals surface area contributed by atoms with E-state index in [1.54, 1.807) is 6.07 Å². The lowest BCUT2D eigenvalue weighted by Gasteiger charge is -2.29. The first kappa shape index (κ1) is 25.8. The topological polar surface area (TPSA) is 84.3 Å². The van der Waals surface area contributed by atoms with Crippen LogP contribution < -0.4 is 11.1 Å². The van der Waals surface area contributed by atoms with E-state index in [1.165, 1.54) is 12.8 Å².